The van der Waals surface area contributed by atoms with Gasteiger partial charge < -0.3 is 5.32 Å². The number of rotatable bonds is 3. The Morgan fingerprint density at radius 1 is 1.41 bits per heavy atom. The van der Waals surface area contributed by atoms with Gasteiger partial charge in [-0.3, -0.25) is 4.90 Å². The first-order chi connectivity index (χ1) is 8.42. The van der Waals surface area contributed by atoms with Crippen LogP contribution in [0.4, 0.5) is 0 Å². The van der Waals surface area contributed by atoms with Gasteiger partial charge in [0.25, 0.3) is 0 Å². The number of piperidine rings is 1. The van der Waals surface area contributed by atoms with Crippen molar-refractivity contribution in [3.05, 3.63) is 21.9 Å². The van der Waals surface area contributed by atoms with Crippen LogP contribution in [0.1, 0.15) is 36.1 Å². The molecule has 1 saturated heterocycles. The highest BCUT2D eigenvalue weighted by Crippen LogP contribution is 2.24. The van der Waals surface area contributed by atoms with Crippen LogP contribution in [-0.2, 0) is 13.0 Å². The van der Waals surface area contributed by atoms with Crippen molar-refractivity contribution < 1.29 is 0 Å². The third kappa shape index (κ3) is 2.90. The standard InChI is InChI=1S/C14H22N2S/c1-2-7-15-13(3-1)4-8-16-9-5-14-12(11-16)6-10-17-14/h6,10,13,15H,1-5,7-9,11H2/t13-/m1/s1. The van der Waals surface area contributed by atoms with Gasteiger partial charge in [0.1, 0.15) is 0 Å². The summed E-state index contributed by atoms with van der Waals surface area (Å²) in [6.07, 6.45) is 6.78. The van der Waals surface area contributed by atoms with Gasteiger partial charge in [-0.2, -0.15) is 0 Å². The second-order valence-corrected chi connectivity index (χ2v) is 6.33. The Bertz CT molecular complexity index is 355. The first-order valence-electron chi connectivity index (χ1n) is 6.93. The summed E-state index contributed by atoms with van der Waals surface area (Å²) in [4.78, 5) is 4.25. The molecule has 0 amide bonds. The smallest absolute Gasteiger partial charge is 0.0244 e. The molecule has 2 nitrogen and oxygen atoms in total. The maximum absolute atomic E-state index is 3.65. The summed E-state index contributed by atoms with van der Waals surface area (Å²) in [6.45, 7) is 4.96. The molecule has 0 saturated carbocycles. The number of nitrogens with zero attached hydrogens (tertiary/aromatic N) is 1. The molecule has 94 valence electrons. The van der Waals surface area contributed by atoms with E-state index in [9.17, 15) is 0 Å². The molecule has 1 atom stereocenters. The fraction of sp³-hybridized carbons (Fsp3) is 0.714. The Morgan fingerprint density at radius 2 is 2.41 bits per heavy atom. The first kappa shape index (κ1) is 11.7. The molecule has 0 aromatic carbocycles. The molecule has 3 rings (SSSR count). The number of fused-ring (bicyclic) bond motifs is 1. The Labute approximate surface area is 108 Å². The average Bonchev–Trinajstić information content (AvgIpc) is 2.85. The Balaban J connectivity index is 1.47. The lowest BCUT2D eigenvalue weighted by Crippen LogP contribution is -2.38. The zero-order chi connectivity index (χ0) is 11.5. The zero-order valence-electron chi connectivity index (χ0n) is 10.5. The van der Waals surface area contributed by atoms with Crippen LogP contribution in [0.25, 0.3) is 0 Å². The van der Waals surface area contributed by atoms with Crippen molar-refractivity contribution in [3.63, 3.8) is 0 Å². The molecule has 2 aliphatic heterocycles. The van der Waals surface area contributed by atoms with E-state index in [1.165, 1.54) is 58.3 Å². The van der Waals surface area contributed by atoms with Crippen LogP contribution >= 0.6 is 11.3 Å². The van der Waals surface area contributed by atoms with Crippen LogP contribution in [0.15, 0.2) is 11.4 Å². The molecule has 0 radical (unpaired) electrons. The highest BCUT2D eigenvalue weighted by molar-refractivity contribution is 7.10. The minimum absolute atomic E-state index is 0.785. The lowest BCUT2D eigenvalue weighted by Gasteiger charge is -2.30. The van der Waals surface area contributed by atoms with Gasteiger partial charge in [0.05, 0.1) is 0 Å². The maximum atomic E-state index is 3.65. The van der Waals surface area contributed by atoms with E-state index >= 15 is 0 Å². The Hall–Kier alpha value is -0.380. The van der Waals surface area contributed by atoms with Crippen molar-refractivity contribution in [2.24, 2.45) is 0 Å². The van der Waals surface area contributed by atoms with Gasteiger partial charge in [0, 0.05) is 24.0 Å². The van der Waals surface area contributed by atoms with Gasteiger partial charge in [-0.15, -0.1) is 11.3 Å². The van der Waals surface area contributed by atoms with E-state index < -0.39 is 0 Å². The quantitative estimate of drug-likeness (QED) is 0.887. The van der Waals surface area contributed by atoms with Crippen LogP contribution in [0, 0.1) is 0 Å². The highest BCUT2D eigenvalue weighted by atomic mass is 32.1. The SMILES string of the molecule is c1cc2c(s1)CCN(CC[C@H]1CCCCN1)C2. The molecule has 0 bridgehead atoms. The highest BCUT2D eigenvalue weighted by Gasteiger charge is 2.19. The van der Waals surface area contributed by atoms with Crippen molar-refractivity contribution in [1.29, 1.82) is 0 Å². The number of nitrogens with one attached hydrogen (secondary N) is 1. The van der Waals surface area contributed by atoms with E-state index in [2.05, 4.69) is 21.7 Å². The van der Waals surface area contributed by atoms with Gasteiger partial charge in [0.2, 0.25) is 0 Å². The number of thiophene rings is 1. The van der Waals surface area contributed by atoms with Gasteiger partial charge in [-0.25, -0.2) is 0 Å². The predicted octanol–water partition coefficient (Wildman–Crippen LogP) is 2.64. The third-order valence-corrected chi connectivity index (χ3v) is 5.12. The van der Waals surface area contributed by atoms with E-state index in [4.69, 9.17) is 0 Å². The normalized spacial score (nSPS) is 25.8. The summed E-state index contributed by atoms with van der Waals surface area (Å²) in [5, 5.41) is 5.90. The summed E-state index contributed by atoms with van der Waals surface area (Å²) in [5.74, 6) is 0. The van der Waals surface area contributed by atoms with E-state index in [0.29, 0.717) is 0 Å². The molecular weight excluding hydrogens is 228 g/mol. The molecule has 3 heteroatoms. The fourth-order valence-electron chi connectivity index (χ4n) is 3.01. The van der Waals surface area contributed by atoms with E-state index in [1.807, 2.05) is 11.3 Å². The number of hydrogen-bond acceptors (Lipinski definition) is 3. The molecular formula is C14H22N2S. The van der Waals surface area contributed by atoms with Crippen LogP contribution in [0.5, 0.6) is 0 Å². The predicted molar refractivity (Wildman–Crippen MR) is 73.6 cm³/mol. The molecule has 3 heterocycles. The second kappa shape index (κ2) is 5.51. The topological polar surface area (TPSA) is 15.3 Å². The molecule has 0 unspecified atom stereocenters. The Morgan fingerprint density at radius 3 is 3.29 bits per heavy atom. The van der Waals surface area contributed by atoms with Crippen molar-refractivity contribution in [1.82, 2.24) is 10.2 Å². The molecule has 1 aromatic heterocycles. The summed E-state index contributed by atoms with van der Waals surface area (Å²) in [6, 6.07) is 3.10. The van der Waals surface area contributed by atoms with Gasteiger partial charge >= 0.3 is 0 Å². The summed E-state index contributed by atoms with van der Waals surface area (Å²) in [7, 11) is 0. The monoisotopic (exact) mass is 250 g/mol. The average molecular weight is 250 g/mol. The second-order valence-electron chi connectivity index (χ2n) is 5.33. The molecule has 1 N–H and O–H groups in total. The number of hydrogen-bond donors (Lipinski definition) is 1. The van der Waals surface area contributed by atoms with Gasteiger partial charge in [-0.1, -0.05) is 6.42 Å². The van der Waals surface area contributed by atoms with Crippen LogP contribution in [0.2, 0.25) is 0 Å². The van der Waals surface area contributed by atoms with Crippen LogP contribution in [0.3, 0.4) is 0 Å². The molecule has 1 aromatic rings. The summed E-state index contributed by atoms with van der Waals surface area (Å²) < 4.78 is 0. The Kier molecular flexibility index (Phi) is 3.79. The van der Waals surface area contributed by atoms with E-state index in [-0.39, 0.29) is 0 Å². The van der Waals surface area contributed by atoms with E-state index in [1.54, 1.807) is 10.4 Å². The van der Waals surface area contributed by atoms with Crippen LogP contribution < -0.4 is 5.32 Å². The molecule has 2 aliphatic rings. The fourth-order valence-corrected chi connectivity index (χ4v) is 3.90. The summed E-state index contributed by atoms with van der Waals surface area (Å²) >= 11 is 1.93. The molecule has 17 heavy (non-hydrogen) atoms. The van der Waals surface area contributed by atoms with Crippen molar-refractivity contribution in [2.75, 3.05) is 19.6 Å². The zero-order valence-corrected chi connectivity index (χ0v) is 11.3. The largest absolute Gasteiger partial charge is 0.314 e. The lowest BCUT2D eigenvalue weighted by molar-refractivity contribution is 0.232. The molecule has 0 spiro atoms. The molecule has 1 fully saturated rings. The minimum atomic E-state index is 0.785. The molecule has 0 aliphatic carbocycles. The van der Waals surface area contributed by atoms with E-state index in [0.717, 1.165) is 6.04 Å². The minimum Gasteiger partial charge on any atom is -0.314 e. The van der Waals surface area contributed by atoms with Crippen LogP contribution in [-0.4, -0.2) is 30.6 Å². The lowest BCUT2D eigenvalue weighted by atomic mass is 10.0. The van der Waals surface area contributed by atoms with Crippen molar-refractivity contribution in [3.8, 4) is 0 Å². The summed E-state index contributed by atoms with van der Waals surface area (Å²) in [5.41, 5.74) is 1.58. The third-order valence-electron chi connectivity index (χ3n) is 4.09. The van der Waals surface area contributed by atoms with Crippen molar-refractivity contribution in [2.45, 2.75) is 44.7 Å². The maximum Gasteiger partial charge on any atom is 0.0244 e. The van der Waals surface area contributed by atoms with Gasteiger partial charge in [0.15, 0.2) is 0 Å². The van der Waals surface area contributed by atoms with Gasteiger partial charge in [-0.05, 0) is 55.8 Å². The van der Waals surface area contributed by atoms with Crippen molar-refractivity contribution >= 4 is 11.3 Å². The first-order valence-corrected chi connectivity index (χ1v) is 7.81.